The molecule has 0 aromatic heterocycles. The van der Waals surface area contributed by atoms with E-state index in [9.17, 15) is 0 Å². The monoisotopic (exact) mass is 236 g/mol. The molecule has 2 heteroatoms. The standard InChI is InChI=1S/C15H25NO/c1-6-8-14(7-2)13(5)16-9-10-17-15(11-16)12(3)4/h6-8,13,15H,3,9-11H2,1-2,4-5H3/p+1/b8-6-,14-7+. The zero-order chi connectivity index (χ0) is 12.8. The molecule has 1 saturated heterocycles. The number of hydrogen-bond donors (Lipinski definition) is 1. The maximum atomic E-state index is 5.74. The first kappa shape index (κ1) is 14.2. The Morgan fingerprint density at radius 2 is 2.18 bits per heavy atom. The average Bonchev–Trinajstić information content (AvgIpc) is 2.35. The van der Waals surface area contributed by atoms with Crippen molar-refractivity contribution in [1.29, 1.82) is 0 Å². The van der Waals surface area contributed by atoms with Crippen LogP contribution in [0, 0.1) is 0 Å². The quantitative estimate of drug-likeness (QED) is 0.580. The second kappa shape index (κ2) is 6.77. The highest BCUT2D eigenvalue weighted by Gasteiger charge is 2.28. The largest absolute Gasteiger partial charge is 0.362 e. The molecule has 1 rings (SSSR count). The molecule has 3 unspecified atom stereocenters. The third-order valence-corrected chi connectivity index (χ3v) is 3.54. The highest BCUT2D eigenvalue weighted by molar-refractivity contribution is 5.20. The van der Waals surface area contributed by atoms with Gasteiger partial charge in [0.05, 0.1) is 6.61 Å². The summed E-state index contributed by atoms with van der Waals surface area (Å²) in [7, 11) is 0. The molecule has 3 atom stereocenters. The Morgan fingerprint density at radius 3 is 2.71 bits per heavy atom. The predicted molar refractivity (Wildman–Crippen MR) is 73.3 cm³/mol. The van der Waals surface area contributed by atoms with Gasteiger partial charge in [-0.1, -0.05) is 24.8 Å². The first-order valence-electron chi connectivity index (χ1n) is 6.50. The lowest BCUT2D eigenvalue weighted by molar-refractivity contribution is -0.928. The molecule has 0 spiro atoms. The summed E-state index contributed by atoms with van der Waals surface area (Å²) in [5, 5.41) is 0. The highest BCUT2D eigenvalue weighted by atomic mass is 16.5. The Bertz CT molecular complexity index is 317. The summed E-state index contributed by atoms with van der Waals surface area (Å²) in [4.78, 5) is 1.59. The van der Waals surface area contributed by atoms with Gasteiger partial charge in [-0.25, -0.2) is 0 Å². The molecular formula is C15H26NO+. The number of nitrogens with one attached hydrogen (secondary N) is 1. The molecule has 0 amide bonds. The molecule has 1 aliphatic rings. The van der Waals surface area contributed by atoms with Crippen LogP contribution in [0.4, 0.5) is 0 Å². The highest BCUT2D eigenvalue weighted by Crippen LogP contribution is 2.06. The number of hydrogen-bond acceptors (Lipinski definition) is 1. The zero-order valence-corrected chi connectivity index (χ0v) is 11.6. The topological polar surface area (TPSA) is 13.7 Å². The van der Waals surface area contributed by atoms with Crippen LogP contribution in [0.5, 0.6) is 0 Å². The van der Waals surface area contributed by atoms with Gasteiger partial charge in [0.15, 0.2) is 0 Å². The Morgan fingerprint density at radius 1 is 1.47 bits per heavy atom. The number of quaternary nitrogens is 1. The molecule has 0 radical (unpaired) electrons. The van der Waals surface area contributed by atoms with E-state index in [4.69, 9.17) is 4.74 Å². The van der Waals surface area contributed by atoms with Gasteiger partial charge in [-0.2, -0.15) is 0 Å². The van der Waals surface area contributed by atoms with E-state index in [1.165, 1.54) is 5.57 Å². The minimum atomic E-state index is 0.227. The molecule has 0 aromatic carbocycles. The van der Waals surface area contributed by atoms with Crippen LogP contribution < -0.4 is 4.90 Å². The van der Waals surface area contributed by atoms with Crippen LogP contribution in [-0.4, -0.2) is 31.8 Å². The fourth-order valence-corrected chi connectivity index (χ4v) is 2.36. The van der Waals surface area contributed by atoms with E-state index < -0.39 is 0 Å². The van der Waals surface area contributed by atoms with E-state index in [1.807, 2.05) is 0 Å². The maximum Gasteiger partial charge on any atom is 0.127 e. The van der Waals surface area contributed by atoms with Crippen molar-refractivity contribution in [1.82, 2.24) is 0 Å². The predicted octanol–water partition coefficient (Wildman–Crippen LogP) is 1.76. The smallest absolute Gasteiger partial charge is 0.127 e. The molecule has 0 aliphatic carbocycles. The summed E-state index contributed by atoms with van der Waals surface area (Å²) >= 11 is 0. The maximum absolute atomic E-state index is 5.74. The van der Waals surface area contributed by atoms with Crippen LogP contribution >= 0.6 is 0 Å². The van der Waals surface area contributed by atoms with Crippen molar-refractivity contribution in [3.63, 3.8) is 0 Å². The molecule has 1 heterocycles. The van der Waals surface area contributed by atoms with E-state index in [2.05, 4.69) is 52.5 Å². The summed E-state index contributed by atoms with van der Waals surface area (Å²) in [6.45, 7) is 15.5. The molecule has 2 nitrogen and oxygen atoms in total. The summed E-state index contributed by atoms with van der Waals surface area (Å²) in [6, 6.07) is 0.530. The van der Waals surface area contributed by atoms with Crippen molar-refractivity contribution in [3.8, 4) is 0 Å². The van der Waals surface area contributed by atoms with E-state index >= 15 is 0 Å². The summed E-state index contributed by atoms with van der Waals surface area (Å²) in [6.07, 6.45) is 6.76. The lowest BCUT2D eigenvalue weighted by Crippen LogP contribution is -3.18. The summed E-state index contributed by atoms with van der Waals surface area (Å²) in [5.74, 6) is 0. The van der Waals surface area contributed by atoms with Gasteiger partial charge in [0.1, 0.15) is 25.2 Å². The normalized spacial score (nSPS) is 28.4. The minimum Gasteiger partial charge on any atom is -0.362 e. The molecule has 17 heavy (non-hydrogen) atoms. The minimum absolute atomic E-state index is 0.227. The number of ether oxygens (including phenoxy) is 1. The van der Waals surface area contributed by atoms with Gasteiger partial charge in [0, 0.05) is 5.57 Å². The van der Waals surface area contributed by atoms with Gasteiger partial charge in [-0.15, -0.1) is 0 Å². The van der Waals surface area contributed by atoms with Gasteiger partial charge < -0.3 is 9.64 Å². The molecule has 1 aliphatic heterocycles. The third kappa shape index (κ3) is 3.83. The Kier molecular flexibility index (Phi) is 5.66. The van der Waals surface area contributed by atoms with Crippen LogP contribution in [0.1, 0.15) is 27.7 Å². The van der Waals surface area contributed by atoms with Crippen molar-refractivity contribution >= 4 is 0 Å². The first-order valence-corrected chi connectivity index (χ1v) is 6.50. The zero-order valence-electron chi connectivity index (χ0n) is 11.6. The fourth-order valence-electron chi connectivity index (χ4n) is 2.36. The number of rotatable bonds is 4. The second-order valence-corrected chi connectivity index (χ2v) is 4.83. The average molecular weight is 236 g/mol. The van der Waals surface area contributed by atoms with E-state index in [-0.39, 0.29) is 6.10 Å². The van der Waals surface area contributed by atoms with Crippen molar-refractivity contribution < 1.29 is 9.64 Å². The lowest BCUT2D eigenvalue weighted by Gasteiger charge is -2.34. The fraction of sp³-hybridized carbons (Fsp3) is 0.600. The van der Waals surface area contributed by atoms with Crippen LogP contribution in [-0.2, 0) is 4.74 Å². The molecule has 0 saturated carbocycles. The van der Waals surface area contributed by atoms with Crippen LogP contribution in [0.2, 0.25) is 0 Å². The second-order valence-electron chi connectivity index (χ2n) is 4.83. The van der Waals surface area contributed by atoms with Crippen LogP contribution in [0.3, 0.4) is 0 Å². The van der Waals surface area contributed by atoms with E-state index in [0.717, 1.165) is 25.3 Å². The van der Waals surface area contributed by atoms with Crippen molar-refractivity contribution in [2.75, 3.05) is 19.7 Å². The summed E-state index contributed by atoms with van der Waals surface area (Å²) < 4.78 is 5.74. The summed E-state index contributed by atoms with van der Waals surface area (Å²) in [5.41, 5.74) is 2.55. The Hall–Kier alpha value is -0.860. The molecular weight excluding hydrogens is 210 g/mol. The van der Waals surface area contributed by atoms with Gasteiger partial charge in [-0.3, -0.25) is 0 Å². The van der Waals surface area contributed by atoms with Crippen LogP contribution in [0.25, 0.3) is 0 Å². The number of allylic oxidation sites excluding steroid dienone is 2. The van der Waals surface area contributed by atoms with Gasteiger partial charge in [0.25, 0.3) is 0 Å². The van der Waals surface area contributed by atoms with Crippen molar-refractivity contribution in [3.05, 3.63) is 36.0 Å². The molecule has 0 aromatic rings. The molecule has 0 bridgehead atoms. The van der Waals surface area contributed by atoms with Crippen molar-refractivity contribution in [2.45, 2.75) is 39.8 Å². The molecule has 1 fully saturated rings. The first-order chi connectivity index (χ1) is 8.10. The lowest BCUT2D eigenvalue weighted by atomic mass is 10.0. The molecule has 96 valence electrons. The van der Waals surface area contributed by atoms with Gasteiger partial charge in [-0.05, 0) is 33.3 Å². The van der Waals surface area contributed by atoms with Gasteiger partial charge >= 0.3 is 0 Å². The SMILES string of the molecule is C=C(C)C1C[NH+](C(C)C(/C=C\C)=C/C)CCO1. The molecule has 1 N–H and O–H groups in total. The van der Waals surface area contributed by atoms with E-state index in [1.54, 1.807) is 4.90 Å². The van der Waals surface area contributed by atoms with Crippen molar-refractivity contribution in [2.24, 2.45) is 0 Å². The van der Waals surface area contributed by atoms with E-state index in [0.29, 0.717) is 6.04 Å². The Balaban J connectivity index is 2.68. The number of morpholine rings is 1. The Labute approximate surface area is 106 Å². The van der Waals surface area contributed by atoms with Gasteiger partial charge in [0.2, 0.25) is 0 Å². The van der Waals surface area contributed by atoms with Crippen LogP contribution in [0.15, 0.2) is 36.0 Å². The third-order valence-electron chi connectivity index (χ3n) is 3.54.